The third kappa shape index (κ3) is 3.56. The lowest BCUT2D eigenvalue weighted by atomic mass is 10.1. The molecule has 1 heterocycles. The van der Waals surface area contributed by atoms with Crippen molar-refractivity contribution in [3.8, 4) is 0 Å². The first kappa shape index (κ1) is 10.2. The van der Waals surface area contributed by atoms with Gasteiger partial charge in [-0.25, -0.2) is 0 Å². The van der Waals surface area contributed by atoms with E-state index in [1.165, 1.54) is 0 Å². The molecule has 0 amide bonds. The van der Waals surface area contributed by atoms with E-state index in [9.17, 15) is 0 Å². The molecule has 1 saturated heterocycles. The van der Waals surface area contributed by atoms with Crippen molar-refractivity contribution in [3.63, 3.8) is 0 Å². The molecular formula is C6H8Cl4O. The fraction of sp³-hybridized carbons (Fsp3) is 1.00. The van der Waals surface area contributed by atoms with Crippen LogP contribution in [0.25, 0.3) is 0 Å². The second kappa shape index (κ2) is 3.89. The van der Waals surface area contributed by atoms with Crippen LogP contribution in [0.3, 0.4) is 0 Å². The summed E-state index contributed by atoms with van der Waals surface area (Å²) in [6.45, 7) is 0.666. The first-order valence-electron chi connectivity index (χ1n) is 3.24. The van der Waals surface area contributed by atoms with Gasteiger partial charge in [0.05, 0.1) is 12.2 Å². The molecule has 1 fully saturated rings. The molecule has 1 aliphatic rings. The zero-order valence-corrected chi connectivity index (χ0v) is 8.72. The van der Waals surface area contributed by atoms with Crippen LogP contribution in [0.4, 0.5) is 0 Å². The van der Waals surface area contributed by atoms with Crippen LogP contribution in [-0.4, -0.2) is 21.9 Å². The van der Waals surface area contributed by atoms with Gasteiger partial charge in [0, 0.05) is 12.8 Å². The molecule has 11 heavy (non-hydrogen) atoms. The van der Waals surface area contributed by atoms with E-state index >= 15 is 0 Å². The van der Waals surface area contributed by atoms with Crippen LogP contribution >= 0.6 is 46.4 Å². The van der Waals surface area contributed by atoms with Gasteiger partial charge in [-0.15, -0.1) is 46.4 Å². The first-order valence-corrected chi connectivity index (χ1v) is 4.99. The summed E-state index contributed by atoms with van der Waals surface area (Å²) in [5, 5.41) is 0. The smallest absolute Gasteiger partial charge is 0.110 e. The molecule has 0 aliphatic carbocycles. The average Bonchev–Trinajstić information content (AvgIpc) is 2.43. The summed E-state index contributed by atoms with van der Waals surface area (Å²) in [7, 11) is 0. The highest BCUT2D eigenvalue weighted by molar-refractivity contribution is 6.44. The zero-order valence-electron chi connectivity index (χ0n) is 5.70. The number of hydrogen-bond acceptors (Lipinski definition) is 1. The highest BCUT2D eigenvalue weighted by Gasteiger charge is 2.46. The minimum absolute atomic E-state index is 0.234. The van der Waals surface area contributed by atoms with Crippen LogP contribution in [0.1, 0.15) is 12.8 Å². The molecule has 0 bridgehead atoms. The zero-order chi connectivity index (χ0) is 8.48. The fourth-order valence-electron chi connectivity index (χ4n) is 0.984. The summed E-state index contributed by atoms with van der Waals surface area (Å²) in [5.74, 6) is 0. The second-order valence-electron chi connectivity index (χ2n) is 2.66. The third-order valence-corrected chi connectivity index (χ3v) is 2.22. The molecule has 0 radical (unpaired) electrons. The molecule has 1 aliphatic heterocycles. The van der Waals surface area contributed by atoms with Crippen molar-refractivity contribution >= 4 is 46.4 Å². The van der Waals surface area contributed by atoms with Gasteiger partial charge in [0.1, 0.15) is 9.67 Å². The Morgan fingerprint density at radius 1 is 1.09 bits per heavy atom. The Morgan fingerprint density at radius 2 is 1.45 bits per heavy atom. The number of alkyl halides is 4. The van der Waals surface area contributed by atoms with Gasteiger partial charge in [-0.2, -0.15) is 0 Å². The molecule has 1 nitrogen and oxygen atoms in total. The minimum Gasteiger partial charge on any atom is -0.369 e. The van der Waals surface area contributed by atoms with Gasteiger partial charge in [0.25, 0.3) is 0 Å². The van der Waals surface area contributed by atoms with Crippen LogP contribution in [0.2, 0.25) is 0 Å². The Morgan fingerprint density at radius 3 is 1.64 bits per heavy atom. The molecular weight excluding hydrogens is 230 g/mol. The number of halogens is 4. The highest BCUT2D eigenvalue weighted by Crippen LogP contribution is 2.40. The molecule has 0 unspecified atom stereocenters. The van der Waals surface area contributed by atoms with E-state index in [-0.39, 0.29) is 5.60 Å². The maximum atomic E-state index is 5.58. The van der Waals surface area contributed by atoms with Crippen LogP contribution in [0.5, 0.6) is 0 Å². The molecule has 5 heteroatoms. The summed E-state index contributed by atoms with van der Waals surface area (Å²) < 4.78 is 5.18. The van der Waals surface area contributed by atoms with Crippen molar-refractivity contribution in [2.24, 2.45) is 0 Å². The number of rotatable bonds is 4. The van der Waals surface area contributed by atoms with Crippen LogP contribution in [-0.2, 0) is 4.74 Å². The predicted molar refractivity (Wildman–Crippen MR) is 48.9 cm³/mol. The highest BCUT2D eigenvalue weighted by atomic mass is 35.5. The standard InChI is InChI=1S/C6H8Cl4O/c7-4(8)1-6(3-11-6)2-5(9)10/h4-5H,1-3H2. The maximum Gasteiger partial charge on any atom is 0.110 e. The first-order chi connectivity index (χ1) is 5.04. The number of epoxide rings is 1. The molecule has 66 valence electrons. The molecule has 0 spiro atoms. The normalized spacial score (nSPS) is 21.3. The van der Waals surface area contributed by atoms with E-state index in [0.29, 0.717) is 19.4 Å². The fourth-order valence-corrected chi connectivity index (χ4v) is 2.11. The number of ether oxygens (including phenoxy) is 1. The molecule has 0 N–H and O–H groups in total. The Kier molecular flexibility index (Phi) is 3.60. The summed E-state index contributed by atoms with van der Waals surface area (Å²) in [5.41, 5.74) is -0.234. The van der Waals surface area contributed by atoms with E-state index in [1.807, 2.05) is 0 Å². The SMILES string of the molecule is ClC(Cl)CC1(CC(Cl)Cl)CO1. The number of hydrogen-bond donors (Lipinski definition) is 0. The van der Waals surface area contributed by atoms with Gasteiger partial charge < -0.3 is 4.74 Å². The van der Waals surface area contributed by atoms with Gasteiger partial charge in [-0.05, 0) is 0 Å². The van der Waals surface area contributed by atoms with Crippen molar-refractivity contribution < 1.29 is 4.74 Å². The maximum absolute atomic E-state index is 5.58. The predicted octanol–water partition coefficient (Wildman–Crippen LogP) is 3.14. The Hall–Kier alpha value is 1.12. The van der Waals surface area contributed by atoms with Crippen LogP contribution < -0.4 is 0 Å². The Labute approximate surface area is 85.9 Å². The largest absolute Gasteiger partial charge is 0.369 e. The average molecular weight is 238 g/mol. The molecule has 0 aromatic rings. The minimum atomic E-state index is -0.399. The third-order valence-electron chi connectivity index (χ3n) is 1.61. The molecule has 1 rings (SSSR count). The van der Waals surface area contributed by atoms with Crippen molar-refractivity contribution in [2.75, 3.05) is 6.61 Å². The van der Waals surface area contributed by atoms with Gasteiger partial charge in [0.15, 0.2) is 0 Å². The Balaban J connectivity index is 2.29. The van der Waals surface area contributed by atoms with E-state index in [0.717, 1.165) is 0 Å². The van der Waals surface area contributed by atoms with E-state index in [1.54, 1.807) is 0 Å². The quantitative estimate of drug-likeness (QED) is 0.541. The van der Waals surface area contributed by atoms with Crippen LogP contribution in [0.15, 0.2) is 0 Å². The van der Waals surface area contributed by atoms with Crippen molar-refractivity contribution in [1.82, 2.24) is 0 Å². The van der Waals surface area contributed by atoms with E-state index in [2.05, 4.69) is 0 Å². The van der Waals surface area contributed by atoms with Gasteiger partial charge >= 0.3 is 0 Å². The van der Waals surface area contributed by atoms with Crippen molar-refractivity contribution in [3.05, 3.63) is 0 Å². The van der Waals surface area contributed by atoms with Gasteiger partial charge in [0.2, 0.25) is 0 Å². The summed E-state index contributed by atoms with van der Waals surface area (Å²) >= 11 is 22.3. The topological polar surface area (TPSA) is 12.5 Å². The second-order valence-corrected chi connectivity index (χ2v) is 5.22. The lowest BCUT2D eigenvalue weighted by Crippen LogP contribution is -2.17. The van der Waals surface area contributed by atoms with E-state index < -0.39 is 9.67 Å². The lowest BCUT2D eigenvalue weighted by molar-refractivity contribution is 0.284. The van der Waals surface area contributed by atoms with Gasteiger partial charge in [-0.3, -0.25) is 0 Å². The molecule has 0 aromatic carbocycles. The molecule has 0 aromatic heterocycles. The summed E-state index contributed by atoms with van der Waals surface area (Å²) in [4.78, 5) is -0.797. The monoisotopic (exact) mass is 236 g/mol. The van der Waals surface area contributed by atoms with Gasteiger partial charge in [-0.1, -0.05) is 0 Å². The van der Waals surface area contributed by atoms with Crippen molar-refractivity contribution in [2.45, 2.75) is 28.1 Å². The molecule has 0 atom stereocenters. The molecule has 0 saturated carbocycles. The summed E-state index contributed by atoms with van der Waals surface area (Å²) in [6, 6.07) is 0. The van der Waals surface area contributed by atoms with Crippen LogP contribution in [0, 0.1) is 0 Å². The lowest BCUT2D eigenvalue weighted by Gasteiger charge is -2.11. The van der Waals surface area contributed by atoms with E-state index in [4.69, 9.17) is 51.1 Å². The Bertz CT molecular complexity index is 121. The summed E-state index contributed by atoms with van der Waals surface area (Å²) in [6.07, 6.45) is 1.21. The van der Waals surface area contributed by atoms with Crippen molar-refractivity contribution in [1.29, 1.82) is 0 Å².